The van der Waals surface area contributed by atoms with Crippen molar-refractivity contribution in [3.8, 4) is 11.5 Å². The Bertz CT molecular complexity index is 1110. The second-order valence-electron chi connectivity index (χ2n) is 6.19. The number of anilines is 3. The van der Waals surface area contributed by atoms with E-state index >= 15 is 0 Å². The lowest BCUT2D eigenvalue weighted by Gasteiger charge is -2.10. The number of nitrogens with two attached hydrogens (primary N) is 1. The molecule has 0 unspecified atom stereocenters. The summed E-state index contributed by atoms with van der Waals surface area (Å²) in [7, 11) is 0. The van der Waals surface area contributed by atoms with Gasteiger partial charge in [-0.25, -0.2) is 4.79 Å². The summed E-state index contributed by atoms with van der Waals surface area (Å²) in [6.07, 6.45) is 3.41. The van der Waals surface area contributed by atoms with Crippen LogP contribution in [0.3, 0.4) is 0 Å². The lowest BCUT2D eigenvalue weighted by Crippen LogP contribution is -2.19. The normalized spacial score (nSPS) is 10.4. The van der Waals surface area contributed by atoms with Crippen LogP contribution in [0.5, 0.6) is 11.5 Å². The minimum Gasteiger partial charge on any atom is -0.455 e. The molecule has 0 aliphatic heterocycles. The summed E-state index contributed by atoms with van der Waals surface area (Å²) in [5.41, 5.74) is 7.88. The van der Waals surface area contributed by atoms with E-state index in [1.165, 1.54) is 0 Å². The maximum atomic E-state index is 12.1. The Labute approximate surface area is 162 Å². The number of nitrogens with one attached hydrogen (secondary N) is 2. The first-order chi connectivity index (χ1) is 13.7. The lowest BCUT2D eigenvalue weighted by molar-refractivity contribution is 0.262. The van der Waals surface area contributed by atoms with Gasteiger partial charge in [-0.05, 0) is 54.6 Å². The number of hydrogen-bond donors (Lipinski definition) is 3. The maximum Gasteiger partial charge on any atom is 0.323 e. The number of hydrogen-bond acceptors (Lipinski definition) is 4. The van der Waals surface area contributed by atoms with Gasteiger partial charge in [-0.1, -0.05) is 18.2 Å². The van der Waals surface area contributed by atoms with E-state index in [9.17, 15) is 4.79 Å². The molecule has 4 rings (SSSR count). The maximum absolute atomic E-state index is 12.1. The Balaban J connectivity index is 1.44. The van der Waals surface area contributed by atoms with Crippen LogP contribution in [0.2, 0.25) is 0 Å². The van der Waals surface area contributed by atoms with Crippen molar-refractivity contribution in [2.45, 2.75) is 0 Å². The first-order valence-electron chi connectivity index (χ1n) is 8.71. The van der Waals surface area contributed by atoms with Gasteiger partial charge >= 0.3 is 6.03 Å². The zero-order valence-corrected chi connectivity index (χ0v) is 14.9. The highest BCUT2D eigenvalue weighted by atomic mass is 16.5. The minimum atomic E-state index is -0.310. The topological polar surface area (TPSA) is 89.3 Å². The highest BCUT2D eigenvalue weighted by molar-refractivity contribution is 5.99. The smallest absolute Gasteiger partial charge is 0.323 e. The Morgan fingerprint density at radius 2 is 1.57 bits per heavy atom. The zero-order valence-electron chi connectivity index (χ0n) is 14.9. The predicted molar refractivity (Wildman–Crippen MR) is 112 cm³/mol. The average Bonchev–Trinajstić information content (AvgIpc) is 2.70. The van der Waals surface area contributed by atoms with Gasteiger partial charge in [0, 0.05) is 34.0 Å². The van der Waals surface area contributed by atoms with Crippen LogP contribution in [0.15, 0.2) is 85.2 Å². The number of nitrogens with zero attached hydrogens (tertiary/aromatic N) is 1. The van der Waals surface area contributed by atoms with E-state index in [0.717, 1.165) is 16.5 Å². The van der Waals surface area contributed by atoms with Gasteiger partial charge in [-0.15, -0.1) is 0 Å². The third kappa shape index (κ3) is 4.02. The first-order valence-corrected chi connectivity index (χ1v) is 8.71. The van der Waals surface area contributed by atoms with E-state index < -0.39 is 0 Å². The molecule has 4 N–H and O–H groups in total. The molecule has 0 aliphatic rings. The highest BCUT2D eigenvalue weighted by Gasteiger charge is 2.06. The number of rotatable bonds is 4. The number of pyridine rings is 1. The molecule has 6 nitrogen and oxygen atoms in total. The second kappa shape index (κ2) is 7.67. The highest BCUT2D eigenvalue weighted by Crippen LogP contribution is 2.30. The van der Waals surface area contributed by atoms with Crippen LogP contribution in [0.1, 0.15) is 0 Å². The van der Waals surface area contributed by atoms with Crippen LogP contribution in [0, 0.1) is 0 Å². The zero-order chi connectivity index (χ0) is 19.3. The molecular formula is C22H18N4O2. The molecule has 28 heavy (non-hydrogen) atoms. The van der Waals surface area contributed by atoms with E-state index in [0.29, 0.717) is 22.9 Å². The van der Waals surface area contributed by atoms with Crippen molar-refractivity contribution < 1.29 is 9.53 Å². The molecule has 0 radical (unpaired) electrons. The quantitative estimate of drug-likeness (QED) is 0.428. The number of urea groups is 1. The van der Waals surface area contributed by atoms with E-state index in [1.54, 1.807) is 36.7 Å². The van der Waals surface area contributed by atoms with Gasteiger partial charge in [0.05, 0.1) is 6.20 Å². The minimum absolute atomic E-state index is 0.310. The number of carbonyl (C=O) groups excluding carboxylic acids is 1. The van der Waals surface area contributed by atoms with E-state index in [1.807, 2.05) is 48.5 Å². The van der Waals surface area contributed by atoms with E-state index in [-0.39, 0.29) is 6.03 Å². The summed E-state index contributed by atoms with van der Waals surface area (Å²) in [6, 6.07) is 21.7. The molecule has 0 spiro atoms. The molecule has 0 fully saturated rings. The van der Waals surface area contributed by atoms with Crippen molar-refractivity contribution in [2.24, 2.45) is 0 Å². The van der Waals surface area contributed by atoms with Gasteiger partial charge in [0.2, 0.25) is 0 Å². The molecule has 0 saturated carbocycles. The number of para-hydroxylation sites is 1. The van der Waals surface area contributed by atoms with Crippen LogP contribution < -0.4 is 21.1 Å². The van der Waals surface area contributed by atoms with Gasteiger partial charge in [0.1, 0.15) is 5.75 Å². The molecule has 2 amide bonds. The third-order valence-electron chi connectivity index (χ3n) is 4.12. The summed E-state index contributed by atoms with van der Waals surface area (Å²) >= 11 is 0. The summed E-state index contributed by atoms with van der Waals surface area (Å²) in [5, 5.41) is 7.39. The number of nitrogen functional groups attached to an aromatic ring is 1. The number of carbonyl (C=O) groups is 1. The number of benzene rings is 3. The summed E-state index contributed by atoms with van der Waals surface area (Å²) in [5.74, 6) is 1.28. The Morgan fingerprint density at radius 1 is 0.857 bits per heavy atom. The van der Waals surface area contributed by atoms with Crippen molar-refractivity contribution >= 4 is 33.9 Å². The summed E-state index contributed by atoms with van der Waals surface area (Å²) in [4.78, 5) is 16.3. The van der Waals surface area contributed by atoms with Crippen LogP contribution >= 0.6 is 0 Å². The van der Waals surface area contributed by atoms with Crippen molar-refractivity contribution in [3.05, 3.63) is 85.2 Å². The molecule has 1 heterocycles. The molecule has 4 aromatic rings. The van der Waals surface area contributed by atoms with Crippen molar-refractivity contribution in [1.82, 2.24) is 4.98 Å². The molecule has 0 atom stereocenters. The molecule has 0 aliphatic carbocycles. The average molecular weight is 370 g/mol. The third-order valence-corrected chi connectivity index (χ3v) is 4.12. The van der Waals surface area contributed by atoms with Gasteiger partial charge in [-0.3, -0.25) is 4.98 Å². The molecule has 0 bridgehead atoms. The fourth-order valence-electron chi connectivity index (χ4n) is 2.80. The molecule has 138 valence electrons. The predicted octanol–water partition coefficient (Wildman–Crippen LogP) is 5.25. The number of amides is 2. The van der Waals surface area contributed by atoms with Gasteiger partial charge in [-0.2, -0.15) is 0 Å². The summed E-state index contributed by atoms with van der Waals surface area (Å²) in [6.45, 7) is 0. The SMILES string of the molecule is Nc1ccc2c(Oc3ccc(NC(=O)Nc4ccccc4)cc3)cncc2c1. The van der Waals surface area contributed by atoms with Crippen molar-refractivity contribution in [1.29, 1.82) is 0 Å². The van der Waals surface area contributed by atoms with Gasteiger partial charge in [0.25, 0.3) is 0 Å². The fraction of sp³-hybridized carbons (Fsp3) is 0. The number of fused-ring (bicyclic) bond motifs is 1. The van der Waals surface area contributed by atoms with Crippen LogP contribution in [0.4, 0.5) is 21.9 Å². The van der Waals surface area contributed by atoms with E-state index in [2.05, 4.69) is 15.6 Å². The monoisotopic (exact) mass is 370 g/mol. The Hall–Kier alpha value is -4.06. The fourth-order valence-corrected chi connectivity index (χ4v) is 2.80. The standard InChI is InChI=1S/C22H18N4O2/c23-16-6-11-20-15(12-16)13-24-14-21(20)28-19-9-7-18(8-10-19)26-22(27)25-17-4-2-1-3-5-17/h1-14H,23H2,(H2,25,26,27). The molecule has 0 saturated heterocycles. The molecule has 3 aromatic carbocycles. The molecule has 6 heteroatoms. The number of ether oxygens (including phenoxy) is 1. The van der Waals surface area contributed by atoms with E-state index in [4.69, 9.17) is 10.5 Å². The Morgan fingerprint density at radius 3 is 2.32 bits per heavy atom. The second-order valence-corrected chi connectivity index (χ2v) is 6.19. The lowest BCUT2D eigenvalue weighted by atomic mass is 10.1. The van der Waals surface area contributed by atoms with Crippen LogP contribution in [-0.4, -0.2) is 11.0 Å². The summed E-state index contributed by atoms with van der Waals surface area (Å²) < 4.78 is 5.96. The first kappa shape index (κ1) is 17.4. The largest absolute Gasteiger partial charge is 0.455 e. The van der Waals surface area contributed by atoms with Crippen molar-refractivity contribution in [3.63, 3.8) is 0 Å². The Kier molecular flexibility index (Phi) is 4.76. The number of aromatic nitrogens is 1. The van der Waals surface area contributed by atoms with Crippen molar-refractivity contribution in [2.75, 3.05) is 16.4 Å². The van der Waals surface area contributed by atoms with Crippen LogP contribution in [0.25, 0.3) is 10.8 Å². The molecule has 1 aromatic heterocycles. The van der Waals surface area contributed by atoms with Crippen LogP contribution in [-0.2, 0) is 0 Å². The van der Waals surface area contributed by atoms with Gasteiger partial charge < -0.3 is 21.1 Å². The van der Waals surface area contributed by atoms with Gasteiger partial charge in [0.15, 0.2) is 5.75 Å². The molecular weight excluding hydrogens is 352 g/mol.